The lowest BCUT2D eigenvalue weighted by Crippen LogP contribution is -1.95. The van der Waals surface area contributed by atoms with Gasteiger partial charge in [-0.2, -0.15) is 5.10 Å². The molecule has 0 bridgehead atoms. The molecule has 0 aliphatic rings. The Morgan fingerprint density at radius 2 is 1.53 bits per heavy atom. The van der Waals surface area contributed by atoms with Crippen LogP contribution in [0.4, 0.5) is 0 Å². The van der Waals surface area contributed by atoms with E-state index in [1.54, 1.807) is 18.6 Å². The van der Waals surface area contributed by atoms with Gasteiger partial charge in [-0.05, 0) is 53.1 Å². The van der Waals surface area contributed by atoms with Gasteiger partial charge in [-0.25, -0.2) is 0 Å². The molecule has 0 aliphatic heterocycles. The summed E-state index contributed by atoms with van der Waals surface area (Å²) in [6.07, 6.45) is 10.9. The average molecular weight is 495 g/mol. The molecular formula is C31H22N6O. The number of pyridine rings is 3. The van der Waals surface area contributed by atoms with Crippen LogP contribution in [0.1, 0.15) is 5.56 Å². The highest BCUT2D eigenvalue weighted by Crippen LogP contribution is 2.35. The molecular weight excluding hydrogens is 472 g/mol. The highest BCUT2D eigenvalue weighted by atomic mass is 16.5. The van der Waals surface area contributed by atoms with Crippen molar-refractivity contribution in [3.05, 3.63) is 116 Å². The first kappa shape index (κ1) is 21.9. The van der Waals surface area contributed by atoms with E-state index in [0.29, 0.717) is 6.61 Å². The standard InChI is InChI=1S/C31H22N6O/c1-2-4-20(5-3-1)19-38-24-12-23(15-33-16-24)22-6-7-28-26(13-22)31(37-36-28)29-14-25-27(17-34-18-30(25)35-29)21-8-10-32-11-9-21/h1-18,35H,19H2,(H,36,37). The van der Waals surface area contributed by atoms with Crippen LogP contribution in [0.2, 0.25) is 0 Å². The van der Waals surface area contributed by atoms with Gasteiger partial charge in [-0.3, -0.25) is 20.1 Å². The normalized spacial score (nSPS) is 11.3. The molecule has 0 fully saturated rings. The fourth-order valence-electron chi connectivity index (χ4n) is 4.74. The van der Waals surface area contributed by atoms with Crippen molar-refractivity contribution < 1.29 is 4.74 Å². The van der Waals surface area contributed by atoms with E-state index in [0.717, 1.165) is 66.8 Å². The van der Waals surface area contributed by atoms with Gasteiger partial charge >= 0.3 is 0 Å². The SMILES string of the molecule is c1ccc(COc2cncc(-c3ccc4[nH]nc(-c5cc6c(-c7ccncc7)cncc6[nH]5)c4c3)c2)cc1. The summed E-state index contributed by atoms with van der Waals surface area (Å²) in [5, 5.41) is 9.92. The topological polar surface area (TPSA) is 92.4 Å². The van der Waals surface area contributed by atoms with Gasteiger partial charge in [-0.15, -0.1) is 0 Å². The molecule has 7 nitrogen and oxygen atoms in total. The molecule has 7 aromatic rings. The van der Waals surface area contributed by atoms with Crippen LogP contribution in [-0.4, -0.2) is 30.1 Å². The van der Waals surface area contributed by atoms with Gasteiger partial charge in [-0.1, -0.05) is 36.4 Å². The maximum atomic E-state index is 6.01. The second-order valence-electron chi connectivity index (χ2n) is 9.08. The Labute approximate surface area is 218 Å². The Balaban J connectivity index is 1.24. The van der Waals surface area contributed by atoms with Gasteiger partial charge in [0.1, 0.15) is 18.1 Å². The minimum atomic E-state index is 0.494. The third-order valence-electron chi connectivity index (χ3n) is 6.65. The van der Waals surface area contributed by atoms with Crippen molar-refractivity contribution in [1.82, 2.24) is 30.1 Å². The van der Waals surface area contributed by atoms with Crippen molar-refractivity contribution in [2.24, 2.45) is 0 Å². The summed E-state index contributed by atoms with van der Waals surface area (Å²) >= 11 is 0. The Morgan fingerprint density at radius 3 is 2.42 bits per heavy atom. The quantitative estimate of drug-likeness (QED) is 0.265. The van der Waals surface area contributed by atoms with Crippen LogP contribution in [0.15, 0.2) is 110 Å². The number of hydrogen-bond acceptors (Lipinski definition) is 5. The van der Waals surface area contributed by atoms with Gasteiger partial charge in [0, 0.05) is 46.7 Å². The summed E-state index contributed by atoms with van der Waals surface area (Å²) in [5.41, 5.74) is 8.92. The molecule has 0 spiro atoms. The van der Waals surface area contributed by atoms with Crippen LogP contribution in [0, 0.1) is 0 Å². The molecule has 7 heteroatoms. The van der Waals surface area contributed by atoms with Gasteiger partial charge in [0.15, 0.2) is 0 Å². The molecule has 0 saturated heterocycles. The van der Waals surface area contributed by atoms with E-state index in [1.807, 2.05) is 73.2 Å². The Morgan fingerprint density at radius 1 is 0.658 bits per heavy atom. The van der Waals surface area contributed by atoms with Crippen LogP contribution in [-0.2, 0) is 6.61 Å². The highest BCUT2D eigenvalue weighted by Gasteiger charge is 2.15. The number of rotatable bonds is 6. The van der Waals surface area contributed by atoms with Crippen LogP contribution in [0.5, 0.6) is 5.75 Å². The number of ether oxygens (including phenoxy) is 1. The van der Waals surface area contributed by atoms with Crippen LogP contribution in [0.25, 0.3) is 55.4 Å². The molecule has 5 aromatic heterocycles. The van der Waals surface area contributed by atoms with Gasteiger partial charge < -0.3 is 9.72 Å². The Hall–Kier alpha value is -5.30. The molecule has 2 aromatic carbocycles. The second kappa shape index (κ2) is 9.29. The monoisotopic (exact) mass is 494 g/mol. The van der Waals surface area contributed by atoms with E-state index < -0.39 is 0 Å². The van der Waals surface area contributed by atoms with Gasteiger partial charge in [0.05, 0.1) is 29.1 Å². The highest BCUT2D eigenvalue weighted by molar-refractivity contribution is 6.01. The third-order valence-corrected chi connectivity index (χ3v) is 6.65. The summed E-state index contributed by atoms with van der Waals surface area (Å²) in [4.78, 5) is 16.5. The molecule has 0 unspecified atom stereocenters. The summed E-state index contributed by atoms with van der Waals surface area (Å²) < 4.78 is 6.01. The Kier molecular flexibility index (Phi) is 5.37. The fraction of sp³-hybridized carbons (Fsp3) is 0.0323. The van der Waals surface area contributed by atoms with Crippen molar-refractivity contribution in [2.45, 2.75) is 6.61 Å². The lowest BCUT2D eigenvalue weighted by molar-refractivity contribution is 0.305. The first-order valence-corrected chi connectivity index (χ1v) is 12.3. The molecule has 0 saturated carbocycles. The van der Waals surface area contributed by atoms with Crippen molar-refractivity contribution in [3.8, 4) is 39.4 Å². The minimum Gasteiger partial charge on any atom is -0.487 e. The molecule has 0 atom stereocenters. The third kappa shape index (κ3) is 4.06. The molecule has 38 heavy (non-hydrogen) atoms. The van der Waals surface area contributed by atoms with Crippen LogP contribution in [0.3, 0.4) is 0 Å². The first-order chi connectivity index (χ1) is 18.8. The minimum absolute atomic E-state index is 0.494. The van der Waals surface area contributed by atoms with E-state index >= 15 is 0 Å². The second-order valence-corrected chi connectivity index (χ2v) is 9.08. The molecule has 182 valence electrons. The summed E-state index contributed by atoms with van der Waals surface area (Å²) in [7, 11) is 0. The number of benzene rings is 2. The predicted molar refractivity (Wildman–Crippen MR) is 148 cm³/mol. The number of H-pyrrole nitrogens is 2. The number of fused-ring (bicyclic) bond motifs is 2. The van der Waals surface area contributed by atoms with E-state index in [9.17, 15) is 0 Å². The predicted octanol–water partition coefficient (Wildman–Crippen LogP) is 6.81. The van der Waals surface area contributed by atoms with E-state index in [4.69, 9.17) is 4.74 Å². The van der Waals surface area contributed by atoms with Crippen LogP contribution >= 0.6 is 0 Å². The van der Waals surface area contributed by atoms with Crippen molar-refractivity contribution in [3.63, 3.8) is 0 Å². The van der Waals surface area contributed by atoms with E-state index in [2.05, 4.69) is 48.3 Å². The van der Waals surface area contributed by atoms with Crippen molar-refractivity contribution in [1.29, 1.82) is 0 Å². The molecule has 0 radical (unpaired) electrons. The zero-order valence-electron chi connectivity index (χ0n) is 20.3. The maximum absolute atomic E-state index is 6.01. The smallest absolute Gasteiger partial charge is 0.138 e. The largest absolute Gasteiger partial charge is 0.487 e. The first-order valence-electron chi connectivity index (χ1n) is 12.3. The number of hydrogen-bond donors (Lipinski definition) is 2. The summed E-state index contributed by atoms with van der Waals surface area (Å²) in [5.74, 6) is 0.727. The van der Waals surface area contributed by atoms with Gasteiger partial charge in [0.2, 0.25) is 0 Å². The number of nitrogens with zero attached hydrogens (tertiary/aromatic N) is 4. The van der Waals surface area contributed by atoms with E-state index in [1.165, 1.54) is 0 Å². The zero-order valence-corrected chi connectivity index (χ0v) is 20.3. The van der Waals surface area contributed by atoms with E-state index in [-0.39, 0.29) is 0 Å². The lowest BCUT2D eigenvalue weighted by Gasteiger charge is -2.08. The molecule has 5 heterocycles. The van der Waals surface area contributed by atoms with Gasteiger partial charge in [0.25, 0.3) is 0 Å². The summed E-state index contributed by atoms with van der Waals surface area (Å²) in [6.45, 7) is 0.494. The molecule has 0 aliphatic carbocycles. The number of aromatic nitrogens is 6. The summed E-state index contributed by atoms with van der Waals surface area (Å²) in [6, 6.07) is 24.5. The molecule has 2 N–H and O–H groups in total. The van der Waals surface area contributed by atoms with Crippen LogP contribution < -0.4 is 4.74 Å². The molecule has 0 amide bonds. The van der Waals surface area contributed by atoms with Crippen molar-refractivity contribution in [2.75, 3.05) is 0 Å². The lowest BCUT2D eigenvalue weighted by atomic mass is 10.0. The molecule has 7 rings (SSSR count). The maximum Gasteiger partial charge on any atom is 0.138 e. The number of aromatic amines is 2. The number of nitrogens with one attached hydrogen (secondary N) is 2. The Bertz CT molecular complexity index is 1880. The van der Waals surface area contributed by atoms with Crippen molar-refractivity contribution >= 4 is 21.8 Å². The zero-order chi connectivity index (χ0) is 25.3. The fourth-order valence-corrected chi connectivity index (χ4v) is 4.74. The average Bonchev–Trinajstić information content (AvgIpc) is 3.61.